The second kappa shape index (κ2) is 4.21. The molecule has 0 aromatic rings. The van der Waals surface area contributed by atoms with Crippen molar-refractivity contribution in [1.82, 2.24) is 0 Å². The fraction of sp³-hybridized carbons (Fsp3) is 1.00. The summed E-state index contributed by atoms with van der Waals surface area (Å²) in [6, 6.07) is 0. The van der Waals surface area contributed by atoms with E-state index in [2.05, 4.69) is 6.92 Å². The lowest BCUT2D eigenvalue weighted by atomic mass is 9.83. The average molecular weight is 173 g/mol. The van der Waals surface area contributed by atoms with Crippen LogP contribution in [-0.4, -0.2) is 30.5 Å². The minimum Gasteiger partial charge on any atom is -0.388 e. The minimum absolute atomic E-state index is 0.252. The van der Waals surface area contributed by atoms with E-state index >= 15 is 0 Å². The van der Waals surface area contributed by atoms with Crippen LogP contribution in [0.1, 0.15) is 26.2 Å². The number of ether oxygens (including phenoxy) is 1. The fourth-order valence-corrected chi connectivity index (χ4v) is 1.86. The molecule has 1 aliphatic heterocycles. The van der Waals surface area contributed by atoms with E-state index < -0.39 is 5.60 Å². The van der Waals surface area contributed by atoms with Crippen molar-refractivity contribution in [2.75, 3.05) is 19.8 Å². The molecule has 3 N–H and O–H groups in total. The Bertz CT molecular complexity index is 134. The van der Waals surface area contributed by atoms with E-state index in [1.54, 1.807) is 0 Å². The third kappa shape index (κ3) is 1.97. The van der Waals surface area contributed by atoms with Gasteiger partial charge in [0.15, 0.2) is 0 Å². The van der Waals surface area contributed by atoms with Crippen LogP contribution >= 0.6 is 0 Å². The zero-order valence-electron chi connectivity index (χ0n) is 7.75. The van der Waals surface area contributed by atoms with Crippen molar-refractivity contribution >= 4 is 0 Å². The lowest BCUT2D eigenvalue weighted by Crippen LogP contribution is -2.45. The van der Waals surface area contributed by atoms with E-state index in [-0.39, 0.29) is 5.92 Å². The Morgan fingerprint density at radius 2 is 2.42 bits per heavy atom. The molecule has 0 aliphatic carbocycles. The SMILES string of the molecule is CCCC(O)(CN)C1CCOC1. The van der Waals surface area contributed by atoms with Crippen molar-refractivity contribution in [1.29, 1.82) is 0 Å². The van der Waals surface area contributed by atoms with E-state index in [0.29, 0.717) is 13.2 Å². The molecule has 0 radical (unpaired) electrons. The zero-order valence-corrected chi connectivity index (χ0v) is 7.75. The smallest absolute Gasteiger partial charge is 0.0820 e. The predicted octanol–water partition coefficient (Wildman–Crippen LogP) is 0.513. The number of aliphatic hydroxyl groups is 1. The molecule has 3 heteroatoms. The molecule has 1 fully saturated rings. The topological polar surface area (TPSA) is 55.5 Å². The molecule has 0 saturated carbocycles. The van der Waals surface area contributed by atoms with Crippen LogP contribution in [0.4, 0.5) is 0 Å². The van der Waals surface area contributed by atoms with Crippen molar-refractivity contribution in [2.45, 2.75) is 31.8 Å². The normalized spacial score (nSPS) is 28.8. The van der Waals surface area contributed by atoms with Crippen molar-refractivity contribution in [3.8, 4) is 0 Å². The van der Waals surface area contributed by atoms with Crippen LogP contribution in [0.2, 0.25) is 0 Å². The summed E-state index contributed by atoms with van der Waals surface area (Å²) >= 11 is 0. The molecule has 0 aromatic carbocycles. The second-order valence-electron chi connectivity index (χ2n) is 3.62. The highest BCUT2D eigenvalue weighted by atomic mass is 16.5. The van der Waals surface area contributed by atoms with Gasteiger partial charge in [0.1, 0.15) is 0 Å². The summed E-state index contributed by atoms with van der Waals surface area (Å²) in [6.45, 7) is 3.87. The number of rotatable bonds is 4. The second-order valence-corrected chi connectivity index (χ2v) is 3.62. The Morgan fingerprint density at radius 1 is 1.67 bits per heavy atom. The summed E-state index contributed by atoms with van der Waals surface area (Å²) < 4.78 is 5.24. The molecule has 2 unspecified atom stereocenters. The Hall–Kier alpha value is -0.120. The maximum absolute atomic E-state index is 10.1. The van der Waals surface area contributed by atoms with Gasteiger partial charge < -0.3 is 15.6 Å². The molecule has 0 bridgehead atoms. The molecule has 12 heavy (non-hydrogen) atoms. The standard InChI is InChI=1S/C9H19NO2/c1-2-4-9(11,7-10)8-3-5-12-6-8/h8,11H,2-7,10H2,1H3. The molecular weight excluding hydrogens is 154 g/mol. The quantitative estimate of drug-likeness (QED) is 0.651. The monoisotopic (exact) mass is 173 g/mol. The molecular formula is C9H19NO2. The Kier molecular flexibility index (Phi) is 3.50. The molecule has 0 spiro atoms. The van der Waals surface area contributed by atoms with E-state index in [1.165, 1.54) is 0 Å². The number of hydrogen-bond donors (Lipinski definition) is 2. The van der Waals surface area contributed by atoms with Gasteiger partial charge in [-0.2, -0.15) is 0 Å². The summed E-state index contributed by atoms with van der Waals surface area (Å²) in [5, 5.41) is 10.1. The van der Waals surface area contributed by atoms with Gasteiger partial charge in [0.2, 0.25) is 0 Å². The van der Waals surface area contributed by atoms with E-state index in [1.807, 2.05) is 0 Å². The summed E-state index contributed by atoms with van der Waals surface area (Å²) in [5.41, 5.74) is 4.89. The minimum atomic E-state index is -0.675. The Labute approximate surface area is 73.9 Å². The molecule has 0 aromatic heterocycles. The van der Waals surface area contributed by atoms with Gasteiger partial charge in [-0.3, -0.25) is 0 Å². The highest BCUT2D eigenvalue weighted by Crippen LogP contribution is 2.28. The van der Waals surface area contributed by atoms with E-state index in [4.69, 9.17) is 10.5 Å². The highest BCUT2D eigenvalue weighted by molar-refractivity contribution is 4.88. The van der Waals surface area contributed by atoms with Gasteiger partial charge >= 0.3 is 0 Å². The van der Waals surface area contributed by atoms with Crippen LogP contribution in [-0.2, 0) is 4.74 Å². The van der Waals surface area contributed by atoms with Gasteiger partial charge in [0.25, 0.3) is 0 Å². The summed E-state index contributed by atoms with van der Waals surface area (Å²) in [6.07, 6.45) is 2.72. The van der Waals surface area contributed by atoms with E-state index in [0.717, 1.165) is 25.9 Å². The number of nitrogens with two attached hydrogens (primary N) is 1. The molecule has 1 aliphatic rings. The molecule has 1 saturated heterocycles. The number of hydrogen-bond acceptors (Lipinski definition) is 3. The van der Waals surface area contributed by atoms with Crippen LogP contribution in [0, 0.1) is 5.92 Å². The molecule has 1 heterocycles. The van der Waals surface area contributed by atoms with Crippen molar-refractivity contribution in [2.24, 2.45) is 11.7 Å². The average Bonchev–Trinajstić information content (AvgIpc) is 2.57. The first-order valence-corrected chi connectivity index (χ1v) is 4.73. The van der Waals surface area contributed by atoms with E-state index in [9.17, 15) is 5.11 Å². The summed E-state index contributed by atoms with van der Waals surface area (Å²) in [5.74, 6) is 0.252. The van der Waals surface area contributed by atoms with Crippen LogP contribution < -0.4 is 5.73 Å². The van der Waals surface area contributed by atoms with Gasteiger partial charge in [-0.15, -0.1) is 0 Å². The van der Waals surface area contributed by atoms with Gasteiger partial charge in [0, 0.05) is 19.1 Å². The highest BCUT2D eigenvalue weighted by Gasteiger charge is 2.36. The van der Waals surface area contributed by atoms with Crippen LogP contribution in [0.15, 0.2) is 0 Å². The van der Waals surface area contributed by atoms with Crippen LogP contribution in [0.25, 0.3) is 0 Å². The molecule has 2 atom stereocenters. The van der Waals surface area contributed by atoms with Gasteiger partial charge in [-0.25, -0.2) is 0 Å². The van der Waals surface area contributed by atoms with Gasteiger partial charge in [-0.1, -0.05) is 13.3 Å². The van der Waals surface area contributed by atoms with Crippen LogP contribution in [0.3, 0.4) is 0 Å². The van der Waals surface area contributed by atoms with Crippen molar-refractivity contribution < 1.29 is 9.84 Å². The van der Waals surface area contributed by atoms with Gasteiger partial charge in [-0.05, 0) is 12.8 Å². The lowest BCUT2D eigenvalue weighted by Gasteiger charge is -2.31. The summed E-state index contributed by atoms with van der Waals surface area (Å²) in [7, 11) is 0. The van der Waals surface area contributed by atoms with Gasteiger partial charge in [0.05, 0.1) is 12.2 Å². The largest absolute Gasteiger partial charge is 0.388 e. The first kappa shape index (κ1) is 9.96. The summed E-state index contributed by atoms with van der Waals surface area (Å²) in [4.78, 5) is 0. The predicted molar refractivity (Wildman–Crippen MR) is 47.8 cm³/mol. The first-order chi connectivity index (χ1) is 5.73. The molecule has 3 nitrogen and oxygen atoms in total. The van der Waals surface area contributed by atoms with Crippen molar-refractivity contribution in [3.05, 3.63) is 0 Å². The molecule has 72 valence electrons. The Balaban J connectivity index is 2.51. The molecule has 1 rings (SSSR count). The maximum atomic E-state index is 10.1. The van der Waals surface area contributed by atoms with Crippen molar-refractivity contribution in [3.63, 3.8) is 0 Å². The third-order valence-electron chi connectivity index (χ3n) is 2.73. The zero-order chi connectivity index (χ0) is 9.03. The fourth-order valence-electron chi connectivity index (χ4n) is 1.86. The first-order valence-electron chi connectivity index (χ1n) is 4.73. The maximum Gasteiger partial charge on any atom is 0.0820 e. The third-order valence-corrected chi connectivity index (χ3v) is 2.73. The molecule has 0 amide bonds. The lowest BCUT2D eigenvalue weighted by molar-refractivity contribution is -0.0215. The Morgan fingerprint density at radius 3 is 2.83 bits per heavy atom. The van der Waals surface area contributed by atoms with Crippen LogP contribution in [0.5, 0.6) is 0 Å².